The number of pyridine rings is 1. The Bertz CT molecular complexity index is 607. The summed E-state index contributed by atoms with van der Waals surface area (Å²) in [7, 11) is 0. The second-order valence-corrected chi connectivity index (χ2v) is 6.54. The third-order valence-corrected chi connectivity index (χ3v) is 4.91. The van der Waals surface area contributed by atoms with E-state index in [1.807, 2.05) is 11.0 Å². The molecule has 3 rings (SSSR count). The third kappa shape index (κ3) is 4.03. The number of amides is 2. The van der Waals surface area contributed by atoms with Crippen LogP contribution in [0.5, 0.6) is 0 Å². The molecular formula is C18H25N3O2. The van der Waals surface area contributed by atoms with Crippen LogP contribution in [0.2, 0.25) is 0 Å². The van der Waals surface area contributed by atoms with Crippen molar-refractivity contribution in [3.8, 4) is 0 Å². The van der Waals surface area contributed by atoms with Gasteiger partial charge in [0.05, 0.1) is 0 Å². The van der Waals surface area contributed by atoms with Gasteiger partial charge in [-0.25, -0.2) is 4.79 Å². The van der Waals surface area contributed by atoms with Gasteiger partial charge in [-0.1, -0.05) is 18.2 Å². The van der Waals surface area contributed by atoms with Gasteiger partial charge in [-0.2, -0.15) is 0 Å². The third-order valence-electron chi connectivity index (χ3n) is 4.91. The predicted octanol–water partition coefficient (Wildman–Crippen LogP) is 2.24. The number of nitrogens with one attached hydrogen (secondary N) is 1. The molecule has 5 heteroatoms. The molecular weight excluding hydrogens is 290 g/mol. The number of likely N-dealkylation sites (tertiary alicyclic amines) is 1. The molecule has 1 aliphatic heterocycles. The molecule has 5 nitrogen and oxygen atoms in total. The largest absolute Gasteiger partial charge is 0.338 e. The number of hydrogen-bond acceptors (Lipinski definition) is 2. The monoisotopic (exact) mass is 315 g/mol. The maximum absolute atomic E-state index is 12.2. The average Bonchev–Trinajstić information content (AvgIpc) is 3.00. The zero-order valence-corrected chi connectivity index (χ0v) is 13.5. The van der Waals surface area contributed by atoms with E-state index in [1.165, 1.54) is 0 Å². The minimum atomic E-state index is 0.0322. The summed E-state index contributed by atoms with van der Waals surface area (Å²) in [6.45, 7) is 3.15. The number of aromatic nitrogens is 1. The quantitative estimate of drug-likeness (QED) is 0.669. The van der Waals surface area contributed by atoms with Gasteiger partial charge in [0, 0.05) is 38.4 Å². The molecule has 124 valence electrons. The minimum Gasteiger partial charge on any atom is -0.338 e. The summed E-state index contributed by atoms with van der Waals surface area (Å²) in [5, 5.41) is 3.01. The SMILES string of the molecule is O=C(NCCCCn1ccccc1=O)N1CC2CC=CCC2C1. The Labute approximate surface area is 137 Å². The lowest BCUT2D eigenvalue weighted by Gasteiger charge is -2.17. The van der Waals surface area contributed by atoms with Crippen LogP contribution in [0.4, 0.5) is 4.79 Å². The fourth-order valence-electron chi connectivity index (χ4n) is 3.54. The van der Waals surface area contributed by atoms with Crippen LogP contribution in [-0.4, -0.2) is 35.1 Å². The number of fused-ring (bicyclic) bond motifs is 1. The normalized spacial score (nSPS) is 22.9. The number of hydrogen-bond donors (Lipinski definition) is 1. The molecule has 23 heavy (non-hydrogen) atoms. The Balaban J connectivity index is 1.34. The van der Waals surface area contributed by atoms with Crippen molar-refractivity contribution < 1.29 is 4.79 Å². The Morgan fingerprint density at radius 3 is 2.57 bits per heavy atom. The number of rotatable bonds is 5. The van der Waals surface area contributed by atoms with Gasteiger partial charge in [0.1, 0.15) is 0 Å². The van der Waals surface area contributed by atoms with Crippen molar-refractivity contribution in [2.24, 2.45) is 11.8 Å². The van der Waals surface area contributed by atoms with E-state index in [0.717, 1.165) is 38.8 Å². The van der Waals surface area contributed by atoms with E-state index in [0.29, 0.717) is 24.9 Å². The number of aryl methyl sites for hydroxylation is 1. The number of carbonyl (C=O) groups excluding carboxylic acids is 1. The lowest BCUT2D eigenvalue weighted by atomic mass is 9.86. The van der Waals surface area contributed by atoms with Crippen LogP contribution >= 0.6 is 0 Å². The first-order valence-electron chi connectivity index (χ1n) is 8.57. The van der Waals surface area contributed by atoms with Crippen molar-refractivity contribution in [3.05, 3.63) is 46.9 Å². The van der Waals surface area contributed by atoms with E-state index in [9.17, 15) is 9.59 Å². The molecule has 2 atom stereocenters. The molecule has 1 aromatic rings. The fraction of sp³-hybridized carbons (Fsp3) is 0.556. The molecule has 2 heterocycles. The first-order chi connectivity index (χ1) is 11.2. The Morgan fingerprint density at radius 1 is 1.13 bits per heavy atom. The molecule has 2 aliphatic rings. The second-order valence-electron chi connectivity index (χ2n) is 6.54. The highest BCUT2D eigenvalue weighted by atomic mass is 16.2. The molecule has 0 saturated carbocycles. The van der Waals surface area contributed by atoms with Gasteiger partial charge in [0.25, 0.3) is 0 Å². The molecule has 1 saturated heterocycles. The summed E-state index contributed by atoms with van der Waals surface area (Å²) < 4.78 is 1.71. The number of nitrogens with zero attached hydrogens (tertiary/aromatic N) is 2. The summed E-state index contributed by atoms with van der Waals surface area (Å²) in [4.78, 5) is 25.7. The zero-order valence-electron chi connectivity index (χ0n) is 13.5. The van der Waals surface area contributed by atoms with Crippen LogP contribution in [0.3, 0.4) is 0 Å². The fourth-order valence-corrected chi connectivity index (χ4v) is 3.54. The van der Waals surface area contributed by atoms with Gasteiger partial charge in [-0.05, 0) is 43.6 Å². The van der Waals surface area contributed by atoms with Crippen molar-refractivity contribution in [3.63, 3.8) is 0 Å². The predicted molar refractivity (Wildman–Crippen MR) is 90.3 cm³/mol. The van der Waals surface area contributed by atoms with E-state index in [4.69, 9.17) is 0 Å². The van der Waals surface area contributed by atoms with Gasteiger partial charge >= 0.3 is 6.03 Å². The van der Waals surface area contributed by atoms with E-state index >= 15 is 0 Å². The Hall–Kier alpha value is -2.04. The van der Waals surface area contributed by atoms with Crippen molar-refractivity contribution in [1.29, 1.82) is 0 Å². The van der Waals surface area contributed by atoms with Gasteiger partial charge in [-0.15, -0.1) is 0 Å². The molecule has 2 amide bonds. The lowest BCUT2D eigenvalue weighted by Crippen LogP contribution is -2.39. The van der Waals surface area contributed by atoms with Gasteiger partial charge in [0.2, 0.25) is 5.56 Å². The number of unbranched alkanes of at least 4 members (excludes halogenated alkanes) is 1. The van der Waals surface area contributed by atoms with E-state index < -0.39 is 0 Å². The van der Waals surface area contributed by atoms with Gasteiger partial charge < -0.3 is 14.8 Å². The smallest absolute Gasteiger partial charge is 0.317 e. The Morgan fingerprint density at radius 2 is 1.87 bits per heavy atom. The number of allylic oxidation sites excluding steroid dienone is 2. The highest BCUT2D eigenvalue weighted by Gasteiger charge is 2.34. The van der Waals surface area contributed by atoms with Crippen LogP contribution in [0.1, 0.15) is 25.7 Å². The zero-order chi connectivity index (χ0) is 16.1. The number of carbonyl (C=O) groups is 1. The molecule has 1 aromatic heterocycles. The van der Waals surface area contributed by atoms with Gasteiger partial charge in [-0.3, -0.25) is 4.79 Å². The summed E-state index contributed by atoms with van der Waals surface area (Å²) in [6.07, 6.45) is 10.3. The topological polar surface area (TPSA) is 54.3 Å². The molecule has 1 fully saturated rings. The molecule has 0 spiro atoms. The van der Waals surface area contributed by atoms with Crippen LogP contribution < -0.4 is 10.9 Å². The highest BCUT2D eigenvalue weighted by Crippen LogP contribution is 2.32. The van der Waals surface area contributed by atoms with E-state index in [-0.39, 0.29) is 11.6 Å². The van der Waals surface area contributed by atoms with E-state index in [2.05, 4.69) is 17.5 Å². The lowest BCUT2D eigenvalue weighted by molar-refractivity contribution is 0.206. The maximum atomic E-state index is 12.2. The van der Waals surface area contributed by atoms with Crippen LogP contribution in [0, 0.1) is 11.8 Å². The Kier molecular flexibility index (Phi) is 5.16. The molecule has 0 aromatic carbocycles. The molecule has 1 N–H and O–H groups in total. The number of urea groups is 1. The summed E-state index contributed by atoms with van der Waals surface area (Å²) in [6, 6.07) is 5.26. The average molecular weight is 315 g/mol. The summed E-state index contributed by atoms with van der Waals surface area (Å²) in [5.74, 6) is 1.30. The first kappa shape index (κ1) is 15.8. The van der Waals surface area contributed by atoms with Crippen molar-refractivity contribution in [2.75, 3.05) is 19.6 Å². The van der Waals surface area contributed by atoms with Crippen LogP contribution in [-0.2, 0) is 6.54 Å². The van der Waals surface area contributed by atoms with Gasteiger partial charge in [0.15, 0.2) is 0 Å². The second kappa shape index (κ2) is 7.49. The van der Waals surface area contributed by atoms with Crippen LogP contribution in [0.25, 0.3) is 0 Å². The molecule has 0 bridgehead atoms. The highest BCUT2D eigenvalue weighted by molar-refractivity contribution is 5.74. The standard InChI is InChI=1S/C18H25N3O2/c22-17-9-3-5-11-20(17)12-6-4-10-19-18(23)21-13-15-7-1-2-8-16(15)14-21/h1-3,5,9,11,15-16H,4,6-8,10,12-14H2,(H,19,23). The molecule has 1 aliphatic carbocycles. The van der Waals surface area contributed by atoms with E-state index in [1.54, 1.807) is 22.9 Å². The summed E-state index contributed by atoms with van der Waals surface area (Å²) >= 11 is 0. The van der Waals surface area contributed by atoms with Crippen molar-refractivity contribution >= 4 is 6.03 Å². The van der Waals surface area contributed by atoms with Crippen molar-refractivity contribution in [1.82, 2.24) is 14.8 Å². The van der Waals surface area contributed by atoms with Crippen LogP contribution in [0.15, 0.2) is 41.3 Å². The summed E-state index contributed by atoms with van der Waals surface area (Å²) in [5.41, 5.74) is 0.0322. The maximum Gasteiger partial charge on any atom is 0.317 e. The molecule has 0 radical (unpaired) electrons. The molecule has 2 unspecified atom stereocenters. The first-order valence-corrected chi connectivity index (χ1v) is 8.57. The van der Waals surface area contributed by atoms with Crippen molar-refractivity contribution in [2.45, 2.75) is 32.2 Å². The minimum absolute atomic E-state index is 0.0322.